The molecule has 0 aromatic heterocycles. The Labute approximate surface area is 659 Å². The summed E-state index contributed by atoms with van der Waals surface area (Å²) in [5, 5.41) is 49.8. The number of carbonyl (C=O) groups excluding carboxylic acids is 17. The summed E-state index contributed by atoms with van der Waals surface area (Å²) in [5.41, 5.74) is 21.9. The number of carbonyl (C=O) groups is 19. The predicted molar refractivity (Wildman–Crippen MR) is 400 cm³/mol. The van der Waals surface area contributed by atoms with Crippen LogP contribution >= 0.6 is 19.6 Å². The number of hydrogen-bond donors (Lipinski definition) is 20. The van der Waals surface area contributed by atoms with Crippen LogP contribution in [0.4, 0.5) is 4.79 Å². The third kappa shape index (κ3) is 32.4. The van der Waals surface area contributed by atoms with Crippen molar-refractivity contribution in [2.24, 2.45) is 28.9 Å². The molecule has 0 spiro atoms. The minimum atomic E-state index is -5.11. The number of nitrogens with two attached hydrogens (primary N) is 4. The summed E-state index contributed by atoms with van der Waals surface area (Å²) < 4.78 is 16.3. The SMILES string of the molecule is CC(=O)N[C@@H](CCCCNC(=O)CCCC[C@@H]1SC[C@@H]2NC(=O)N[C@@H]21)C(=O)N[C@@H](CCC(=O)O)C(=O)N1CCC[C@H]1C(=O)N[C@@H](CCC(N)=O)C(=O)N[C@@H](Cc1ccc(OP(=O)(O)O)cc1)C(=O)N[C@@H](CCC(N)=O)C(=O)N1CCC[C@H]1C(=O)NCC(=O)N[C@@H](CCC(=O)O)C(=O)N[C@@H](CC(N)=O)C(=O)N[C@@H](CC(C)C)C(N)=O. The molecule has 114 heavy (non-hydrogen) atoms. The number of phosphoric acid groups is 1. The Hall–Kier alpha value is -10.7. The Balaban J connectivity index is 1.30. The zero-order valence-corrected chi connectivity index (χ0v) is 65.1. The normalized spacial score (nSPS) is 19.0. The van der Waals surface area contributed by atoms with Crippen molar-refractivity contribution in [3.8, 4) is 5.75 Å². The van der Waals surface area contributed by atoms with Crippen LogP contribution in [-0.4, -0.2) is 252 Å². The first-order chi connectivity index (χ1) is 53.7. The van der Waals surface area contributed by atoms with Crippen LogP contribution in [0.2, 0.25) is 0 Å². The number of primary amides is 4. The van der Waals surface area contributed by atoms with E-state index < -0.39 is 240 Å². The van der Waals surface area contributed by atoms with E-state index in [0.717, 1.165) is 47.5 Å². The number of rotatable bonds is 50. The van der Waals surface area contributed by atoms with Crippen LogP contribution in [0.1, 0.15) is 161 Å². The molecule has 0 radical (unpaired) electrons. The van der Waals surface area contributed by atoms with E-state index in [0.29, 0.717) is 12.8 Å². The number of hydrogen-bond acceptors (Lipinski definition) is 22. The van der Waals surface area contributed by atoms with Gasteiger partial charge in [-0.15, -0.1) is 0 Å². The molecule has 13 atom stereocenters. The molecule has 0 bridgehead atoms. The number of carboxylic acid groups (broad SMARTS) is 2. The largest absolute Gasteiger partial charge is 0.524 e. The topological polar surface area (TPSA) is 686 Å². The predicted octanol–water partition coefficient (Wildman–Crippen LogP) is -5.62. The molecule has 43 nitrogen and oxygen atoms in total. The lowest BCUT2D eigenvalue weighted by atomic mass is 10.0. The molecule has 4 heterocycles. The molecule has 24 N–H and O–H groups in total. The highest BCUT2D eigenvalue weighted by Gasteiger charge is 2.45. The van der Waals surface area contributed by atoms with E-state index in [4.69, 9.17) is 22.9 Å². The Bertz CT molecular complexity index is 3740. The van der Waals surface area contributed by atoms with Crippen LogP contribution in [0, 0.1) is 5.92 Å². The molecule has 45 heteroatoms. The van der Waals surface area contributed by atoms with Gasteiger partial charge in [0, 0.05) is 76.1 Å². The maximum Gasteiger partial charge on any atom is 0.524 e. The van der Waals surface area contributed by atoms with Gasteiger partial charge < -0.3 is 111 Å². The highest BCUT2D eigenvalue weighted by atomic mass is 32.2. The number of unbranched alkanes of at least 4 members (excludes halogenated alkanes) is 2. The maximum atomic E-state index is 14.8. The zero-order chi connectivity index (χ0) is 84.7. The number of amides is 18. The van der Waals surface area contributed by atoms with Gasteiger partial charge in [-0.05, 0) is 114 Å². The highest BCUT2D eigenvalue weighted by Crippen LogP contribution is 2.38. The number of likely N-dealkylation sites (tertiary alicyclic amines) is 2. The van der Waals surface area contributed by atoms with E-state index >= 15 is 0 Å². The number of carboxylic acids is 2. The van der Waals surface area contributed by atoms with Gasteiger partial charge in [-0.25, -0.2) is 9.36 Å². The van der Waals surface area contributed by atoms with Gasteiger partial charge in [0.05, 0.1) is 25.0 Å². The summed E-state index contributed by atoms with van der Waals surface area (Å²) in [6.45, 7) is 3.57. The Morgan fingerprint density at radius 3 is 1.59 bits per heavy atom. The van der Waals surface area contributed by atoms with Crippen LogP contribution in [0.25, 0.3) is 0 Å². The van der Waals surface area contributed by atoms with Gasteiger partial charge in [0.1, 0.15) is 66.2 Å². The Kier molecular flexibility index (Phi) is 37.7. The minimum absolute atomic E-state index is 0.0104. The molecular formula is C69H105N18O25PS. The molecule has 632 valence electrons. The van der Waals surface area contributed by atoms with E-state index in [-0.39, 0.29) is 118 Å². The lowest BCUT2D eigenvalue weighted by molar-refractivity contribution is -0.143. The number of thioether (sulfide) groups is 1. The summed E-state index contributed by atoms with van der Waals surface area (Å²) in [4.78, 5) is 272. The van der Waals surface area contributed by atoms with Crippen molar-refractivity contribution < 1.29 is 120 Å². The van der Waals surface area contributed by atoms with Crippen molar-refractivity contribution >= 4 is 132 Å². The summed E-state index contributed by atoms with van der Waals surface area (Å²) in [6.07, 6.45) is -2.83. The molecule has 18 amide bonds. The number of phosphoric ester groups is 1. The van der Waals surface area contributed by atoms with Gasteiger partial charge >= 0.3 is 25.8 Å². The molecule has 0 unspecified atom stereocenters. The van der Waals surface area contributed by atoms with Crippen molar-refractivity contribution in [3.05, 3.63) is 29.8 Å². The molecule has 1 aromatic rings. The molecule has 1 aromatic carbocycles. The standard InChI is InChI=1S/C69H105N18O25PS/c1-35(2)30-44(59(73)98)81-64(103)46(32-53(72)91)83-61(100)40(21-25-56(94)95)77-55(93)33-75-65(104)48-11-8-28-86(48)67(106)42(20-24-52(71)90)80-63(102)45(31-37-15-17-38(18-16-37)112-113(109,110)111)82-62(101)41(19-23-51(70)89)78-66(105)49-12-9-29-87(49)68(107)43(22-26-57(96)97)79-60(99)39(76-36(3)88)10-6-7-27-74-54(92)14-5-4-13-50-58-47(34-114-50)84-69(108)85-58/h15-18,35,39-50,58H,4-14,19-34H2,1-3H3,(H2,70,89)(H2,71,90)(H2,72,91)(H2,73,98)(H,74,92)(H,75,104)(H,76,88)(H,77,93)(H,78,105)(H,79,99)(H,80,102)(H,81,103)(H,82,101)(H,83,100)(H,94,95)(H,96,97)(H2,84,85,108)(H2,109,110,111)/t39-,40-,41-,42-,43-,44-,45-,46-,47-,48-,49-,50-,58-/m0/s1. The third-order valence-electron chi connectivity index (χ3n) is 18.9. The zero-order valence-electron chi connectivity index (χ0n) is 63.4. The van der Waals surface area contributed by atoms with Crippen molar-refractivity contribution in [1.82, 2.24) is 73.6 Å². The van der Waals surface area contributed by atoms with Gasteiger partial charge in [0.15, 0.2) is 0 Å². The second-order valence-corrected chi connectivity index (χ2v) is 31.0. The lowest BCUT2D eigenvalue weighted by Gasteiger charge is -2.31. The van der Waals surface area contributed by atoms with Crippen LogP contribution in [-0.2, 0) is 97.3 Å². The molecule has 5 rings (SSSR count). The van der Waals surface area contributed by atoms with Gasteiger partial charge in [0.2, 0.25) is 94.5 Å². The van der Waals surface area contributed by atoms with Crippen LogP contribution < -0.4 is 91.3 Å². The first-order valence-corrected chi connectivity index (χ1v) is 39.9. The van der Waals surface area contributed by atoms with E-state index in [9.17, 15) is 116 Å². The van der Waals surface area contributed by atoms with Crippen LogP contribution in [0.15, 0.2) is 24.3 Å². The quantitative estimate of drug-likeness (QED) is 0.0164. The molecule has 4 aliphatic heterocycles. The average molecular weight is 1650 g/mol. The fraction of sp³-hybridized carbons (Fsp3) is 0.638. The first kappa shape index (κ1) is 93.8. The van der Waals surface area contributed by atoms with Crippen LogP contribution in [0.5, 0.6) is 5.75 Å². The summed E-state index contributed by atoms with van der Waals surface area (Å²) >= 11 is 1.77. The molecule has 0 aliphatic carbocycles. The summed E-state index contributed by atoms with van der Waals surface area (Å²) in [5.74, 6) is -17.9. The van der Waals surface area contributed by atoms with Gasteiger partial charge in [0.25, 0.3) is 0 Å². The van der Waals surface area contributed by atoms with E-state index in [1.807, 2.05) is 0 Å². The number of nitrogens with zero attached hydrogens (tertiary/aromatic N) is 2. The molecule has 4 saturated heterocycles. The van der Waals surface area contributed by atoms with Crippen molar-refractivity contribution in [2.45, 2.75) is 240 Å². The average Bonchev–Trinajstić information content (AvgIpc) is 1.65. The minimum Gasteiger partial charge on any atom is -0.481 e. The third-order valence-corrected chi connectivity index (χ3v) is 20.9. The lowest BCUT2D eigenvalue weighted by Crippen LogP contribution is -2.60. The first-order valence-electron chi connectivity index (χ1n) is 37.3. The van der Waals surface area contributed by atoms with E-state index in [1.165, 1.54) is 12.1 Å². The fourth-order valence-electron chi connectivity index (χ4n) is 13.3. The highest BCUT2D eigenvalue weighted by molar-refractivity contribution is 8.00. The number of nitrogens with one attached hydrogen (secondary N) is 12. The Morgan fingerprint density at radius 2 is 1.05 bits per heavy atom. The van der Waals surface area contributed by atoms with E-state index in [1.54, 1.807) is 25.6 Å². The van der Waals surface area contributed by atoms with Gasteiger partial charge in [-0.3, -0.25) is 96.1 Å². The number of benzene rings is 1. The summed E-state index contributed by atoms with van der Waals surface area (Å²) in [7, 11) is -5.11. The molecule has 4 fully saturated rings. The van der Waals surface area contributed by atoms with Gasteiger partial charge in [-0.2, -0.15) is 11.8 Å². The van der Waals surface area contributed by atoms with Crippen molar-refractivity contribution in [3.63, 3.8) is 0 Å². The monoisotopic (exact) mass is 1650 g/mol. The summed E-state index contributed by atoms with van der Waals surface area (Å²) in [6, 6.07) is -11.2. The van der Waals surface area contributed by atoms with Crippen molar-refractivity contribution in [1.29, 1.82) is 0 Å². The van der Waals surface area contributed by atoms with E-state index in [2.05, 4.69) is 68.3 Å². The van der Waals surface area contributed by atoms with Crippen LogP contribution in [0.3, 0.4) is 0 Å². The fourth-order valence-corrected chi connectivity index (χ4v) is 15.2. The smallest absolute Gasteiger partial charge is 0.481 e. The maximum absolute atomic E-state index is 14.8. The Morgan fingerprint density at radius 1 is 0.553 bits per heavy atom. The molecule has 0 saturated carbocycles. The van der Waals surface area contributed by atoms with Crippen molar-refractivity contribution in [2.75, 3.05) is 31.9 Å². The number of urea groups is 1. The second kappa shape index (κ2) is 45.8. The number of fused-ring (bicyclic) bond motifs is 1. The molecular weight excluding hydrogens is 1540 g/mol. The number of aliphatic carboxylic acids is 2. The van der Waals surface area contributed by atoms with Gasteiger partial charge in [-0.1, -0.05) is 32.4 Å². The molecule has 4 aliphatic rings. The second-order valence-electron chi connectivity index (χ2n) is 28.6.